The van der Waals surface area contributed by atoms with Crippen LogP contribution in [0.2, 0.25) is 0 Å². The van der Waals surface area contributed by atoms with Crippen LogP contribution in [0, 0.1) is 11.3 Å². The van der Waals surface area contributed by atoms with Crippen molar-refractivity contribution < 1.29 is 14.4 Å². The molecule has 7 nitrogen and oxygen atoms in total. The average molecular weight is 272 g/mol. The van der Waals surface area contributed by atoms with Crippen molar-refractivity contribution >= 4 is 23.4 Å². The Morgan fingerprint density at radius 3 is 2.20 bits per heavy atom. The molecule has 1 fully saturated rings. The predicted octanol–water partition coefficient (Wildman–Crippen LogP) is -0.516. The maximum absolute atomic E-state index is 11.8. The van der Waals surface area contributed by atoms with Crippen LogP contribution in [0.3, 0.4) is 0 Å². The number of piperazine rings is 1. The summed E-state index contributed by atoms with van der Waals surface area (Å²) in [5.41, 5.74) is 6.14. The van der Waals surface area contributed by atoms with Crippen molar-refractivity contribution in [1.82, 2.24) is 4.90 Å². The van der Waals surface area contributed by atoms with Crippen molar-refractivity contribution in [2.24, 2.45) is 5.73 Å². The van der Waals surface area contributed by atoms with Crippen LogP contribution in [-0.2, 0) is 9.59 Å². The standard InChI is InChI=1S/C13H12N4O3/c14-5-6-17-11(18)7-16(8-12(17)19)10-3-1-9(2-4-10)13(15)20/h1-4H,6-8H2,(H2,15,20). The van der Waals surface area contributed by atoms with E-state index in [-0.39, 0.29) is 19.6 Å². The number of benzene rings is 1. The van der Waals surface area contributed by atoms with Gasteiger partial charge in [-0.3, -0.25) is 19.3 Å². The number of anilines is 1. The summed E-state index contributed by atoms with van der Waals surface area (Å²) < 4.78 is 0. The number of amides is 3. The third-order valence-electron chi connectivity index (χ3n) is 3.00. The Morgan fingerprint density at radius 1 is 1.20 bits per heavy atom. The summed E-state index contributed by atoms with van der Waals surface area (Å²) in [6.07, 6.45) is 0. The number of primary amides is 1. The largest absolute Gasteiger partial charge is 0.366 e. The van der Waals surface area contributed by atoms with E-state index >= 15 is 0 Å². The van der Waals surface area contributed by atoms with Gasteiger partial charge in [-0.1, -0.05) is 0 Å². The number of hydrogen-bond donors (Lipinski definition) is 1. The fourth-order valence-electron chi connectivity index (χ4n) is 1.96. The monoisotopic (exact) mass is 272 g/mol. The highest BCUT2D eigenvalue weighted by atomic mass is 16.2. The quantitative estimate of drug-likeness (QED) is 0.588. The first-order valence-corrected chi connectivity index (χ1v) is 5.88. The van der Waals surface area contributed by atoms with Gasteiger partial charge in [0.1, 0.15) is 6.54 Å². The summed E-state index contributed by atoms with van der Waals surface area (Å²) in [6.45, 7) is -0.196. The Balaban J connectivity index is 2.15. The van der Waals surface area contributed by atoms with Gasteiger partial charge in [0.2, 0.25) is 17.7 Å². The molecule has 0 unspecified atom stereocenters. The van der Waals surface area contributed by atoms with Crippen molar-refractivity contribution in [3.8, 4) is 6.07 Å². The third kappa shape index (κ3) is 2.59. The molecule has 1 saturated heterocycles. The van der Waals surface area contributed by atoms with Gasteiger partial charge in [0.25, 0.3) is 0 Å². The molecule has 0 atom stereocenters. The minimum absolute atomic E-state index is 0.0172. The van der Waals surface area contributed by atoms with E-state index in [0.717, 1.165) is 4.90 Å². The number of hydrogen-bond acceptors (Lipinski definition) is 5. The molecule has 0 aliphatic carbocycles. The lowest BCUT2D eigenvalue weighted by molar-refractivity contribution is -0.144. The SMILES string of the molecule is N#CCN1C(=O)CN(c2ccc(C(N)=O)cc2)CC1=O. The molecule has 2 N–H and O–H groups in total. The number of carbonyl (C=O) groups is 3. The zero-order chi connectivity index (χ0) is 14.7. The van der Waals surface area contributed by atoms with E-state index in [0.29, 0.717) is 11.3 Å². The molecular weight excluding hydrogens is 260 g/mol. The lowest BCUT2D eigenvalue weighted by Crippen LogP contribution is -2.54. The normalized spacial score (nSPS) is 15.2. The number of nitrogens with two attached hydrogens (primary N) is 1. The Hall–Kier alpha value is -2.88. The summed E-state index contributed by atoms with van der Waals surface area (Å²) in [6, 6.07) is 8.11. The second-order valence-corrected chi connectivity index (χ2v) is 4.30. The number of imide groups is 1. The summed E-state index contributed by atoms with van der Waals surface area (Å²) in [7, 11) is 0. The van der Waals surface area contributed by atoms with E-state index in [1.807, 2.05) is 0 Å². The third-order valence-corrected chi connectivity index (χ3v) is 3.00. The van der Waals surface area contributed by atoms with Crippen LogP contribution in [0.4, 0.5) is 5.69 Å². The molecule has 0 bridgehead atoms. The van der Waals surface area contributed by atoms with Crippen LogP contribution >= 0.6 is 0 Å². The Labute approximate surface area is 115 Å². The fourth-order valence-corrected chi connectivity index (χ4v) is 1.96. The predicted molar refractivity (Wildman–Crippen MR) is 69.5 cm³/mol. The van der Waals surface area contributed by atoms with Crippen LogP contribution in [-0.4, -0.2) is 42.3 Å². The highest BCUT2D eigenvalue weighted by molar-refractivity contribution is 6.03. The van der Waals surface area contributed by atoms with E-state index in [4.69, 9.17) is 11.0 Å². The van der Waals surface area contributed by atoms with Gasteiger partial charge in [-0.05, 0) is 24.3 Å². The summed E-state index contributed by atoms with van der Waals surface area (Å²) >= 11 is 0. The average Bonchev–Trinajstić information content (AvgIpc) is 2.42. The van der Waals surface area contributed by atoms with E-state index in [1.54, 1.807) is 23.1 Å². The second-order valence-electron chi connectivity index (χ2n) is 4.30. The molecule has 102 valence electrons. The van der Waals surface area contributed by atoms with Crippen LogP contribution in [0.25, 0.3) is 0 Å². The Morgan fingerprint density at radius 2 is 1.75 bits per heavy atom. The summed E-state index contributed by atoms with van der Waals surface area (Å²) in [5, 5.41) is 8.57. The van der Waals surface area contributed by atoms with Gasteiger partial charge in [0, 0.05) is 11.3 Å². The number of nitrogens with zero attached hydrogens (tertiary/aromatic N) is 3. The molecule has 1 heterocycles. The molecule has 1 aliphatic rings. The molecule has 0 aromatic heterocycles. The molecule has 1 aromatic rings. The molecule has 7 heteroatoms. The molecule has 1 aromatic carbocycles. The molecule has 2 rings (SSSR count). The minimum Gasteiger partial charge on any atom is -0.366 e. The Kier molecular flexibility index (Phi) is 3.66. The first-order chi connectivity index (χ1) is 9.52. The van der Waals surface area contributed by atoms with E-state index in [9.17, 15) is 14.4 Å². The van der Waals surface area contributed by atoms with Crippen LogP contribution in [0.1, 0.15) is 10.4 Å². The van der Waals surface area contributed by atoms with Gasteiger partial charge >= 0.3 is 0 Å². The fraction of sp³-hybridized carbons (Fsp3) is 0.231. The topological polar surface area (TPSA) is 108 Å². The van der Waals surface area contributed by atoms with Gasteiger partial charge < -0.3 is 10.6 Å². The van der Waals surface area contributed by atoms with E-state index < -0.39 is 17.7 Å². The second kappa shape index (κ2) is 5.40. The maximum Gasteiger partial charge on any atom is 0.249 e. The molecular formula is C13H12N4O3. The van der Waals surface area contributed by atoms with E-state index in [2.05, 4.69) is 0 Å². The van der Waals surface area contributed by atoms with Crippen molar-refractivity contribution in [2.45, 2.75) is 0 Å². The molecule has 1 aliphatic heterocycles. The first kappa shape index (κ1) is 13.5. The molecule has 3 amide bonds. The van der Waals surface area contributed by atoms with Crippen molar-refractivity contribution in [3.05, 3.63) is 29.8 Å². The molecule has 0 saturated carbocycles. The van der Waals surface area contributed by atoms with Crippen molar-refractivity contribution in [2.75, 3.05) is 24.5 Å². The van der Waals surface area contributed by atoms with Gasteiger partial charge in [-0.15, -0.1) is 0 Å². The van der Waals surface area contributed by atoms with Gasteiger partial charge in [0.15, 0.2) is 0 Å². The lowest BCUT2D eigenvalue weighted by atomic mass is 10.1. The van der Waals surface area contributed by atoms with Crippen molar-refractivity contribution in [1.29, 1.82) is 5.26 Å². The highest BCUT2D eigenvalue weighted by Gasteiger charge is 2.30. The van der Waals surface area contributed by atoms with E-state index in [1.165, 1.54) is 12.1 Å². The molecule has 0 radical (unpaired) electrons. The van der Waals surface area contributed by atoms with Gasteiger partial charge in [-0.2, -0.15) is 5.26 Å². The minimum atomic E-state index is -0.539. The van der Waals surface area contributed by atoms with Crippen LogP contribution in [0.15, 0.2) is 24.3 Å². The number of nitriles is 1. The molecule has 20 heavy (non-hydrogen) atoms. The molecule has 0 spiro atoms. The zero-order valence-corrected chi connectivity index (χ0v) is 10.6. The number of carbonyl (C=O) groups excluding carboxylic acids is 3. The van der Waals surface area contributed by atoms with Crippen molar-refractivity contribution in [3.63, 3.8) is 0 Å². The zero-order valence-electron chi connectivity index (χ0n) is 10.6. The Bertz CT molecular complexity index is 585. The first-order valence-electron chi connectivity index (χ1n) is 5.88. The highest BCUT2D eigenvalue weighted by Crippen LogP contribution is 2.18. The van der Waals surface area contributed by atoms with Gasteiger partial charge in [-0.25, -0.2) is 0 Å². The maximum atomic E-state index is 11.8. The van der Waals surface area contributed by atoms with Gasteiger partial charge in [0.05, 0.1) is 19.2 Å². The van der Waals surface area contributed by atoms with Crippen LogP contribution < -0.4 is 10.6 Å². The van der Waals surface area contributed by atoms with Crippen LogP contribution in [0.5, 0.6) is 0 Å². The summed E-state index contributed by atoms with van der Waals surface area (Å²) in [5.74, 6) is -1.37. The summed E-state index contributed by atoms with van der Waals surface area (Å²) in [4.78, 5) is 37.1. The lowest BCUT2D eigenvalue weighted by Gasteiger charge is -2.32. The number of rotatable bonds is 3. The smallest absolute Gasteiger partial charge is 0.249 e.